The fraction of sp³-hybridized carbons (Fsp3) is 0.500. The third-order valence-electron chi connectivity index (χ3n) is 7.33. The topological polar surface area (TPSA) is 94.6 Å². The molecule has 2 heterocycles. The van der Waals surface area contributed by atoms with E-state index in [1.807, 2.05) is 24.4 Å². The molecule has 0 atom stereocenters. The van der Waals surface area contributed by atoms with Crippen LogP contribution in [0, 0.1) is 6.92 Å². The van der Waals surface area contributed by atoms with E-state index < -0.39 is 53.0 Å². The third-order valence-corrected chi connectivity index (χ3v) is 7.33. The first kappa shape index (κ1) is 28.8. The van der Waals surface area contributed by atoms with E-state index in [0.717, 1.165) is 24.1 Å². The maximum Gasteiger partial charge on any atom is 0.417 e. The lowest BCUT2D eigenvalue weighted by molar-refractivity contribution is -0.141. The molecule has 1 aliphatic heterocycles. The largest absolute Gasteiger partial charge is 0.417 e. The molecule has 4 rings (SSSR count). The molecule has 0 bridgehead atoms. The molecule has 212 valence electrons. The van der Waals surface area contributed by atoms with Crippen molar-refractivity contribution in [3.05, 3.63) is 64.5 Å². The molecule has 1 aromatic heterocycles. The molecule has 2 fully saturated rings. The van der Waals surface area contributed by atoms with Crippen molar-refractivity contribution in [1.29, 1.82) is 0 Å². The molecular weight excluding hydrogens is 530 g/mol. The maximum absolute atomic E-state index is 13.2. The molecule has 2 aromatic rings. The van der Waals surface area contributed by atoms with Gasteiger partial charge in [-0.1, -0.05) is 6.07 Å². The number of rotatable bonds is 6. The highest BCUT2D eigenvalue weighted by atomic mass is 19.4. The number of nitrogens with zero attached hydrogens (tertiary/aromatic N) is 2. The molecule has 1 aliphatic carbocycles. The molecule has 0 radical (unpaired) electrons. The first-order chi connectivity index (χ1) is 18.2. The Labute approximate surface area is 220 Å². The molecule has 39 heavy (non-hydrogen) atoms. The van der Waals surface area contributed by atoms with Crippen LogP contribution in [-0.4, -0.2) is 58.5 Å². The number of pyridine rings is 1. The van der Waals surface area contributed by atoms with Crippen molar-refractivity contribution < 1.29 is 41.0 Å². The van der Waals surface area contributed by atoms with Gasteiger partial charge >= 0.3 is 12.4 Å². The Bertz CT molecular complexity index is 1200. The smallest absolute Gasteiger partial charge is 0.385 e. The standard InChI is InChI=1S/C26H28F6N4O3/c1-15-2-3-17(11-33-15)24(39)8-6-19(7-9-24)36-13-18(14-36)35-22(37)12-34-23(38)20-10-16(25(27,28)29)4-5-21(20)26(30,31)32/h2-5,10-11,18-19,39H,6-9,12-14H2,1H3,(H,34,38)(H,35,37). The van der Waals surface area contributed by atoms with Gasteiger partial charge < -0.3 is 15.7 Å². The number of nitrogens with one attached hydrogen (secondary N) is 2. The maximum atomic E-state index is 13.2. The average molecular weight is 559 g/mol. The van der Waals surface area contributed by atoms with Crippen LogP contribution in [0.2, 0.25) is 0 Å². The number of hydrogen-bond donors (Lipinski definition) is 3. The number of benzene rings is 1. The molecule has 3 N–H and O–H groups in total. The fourth-order valence-corrected chi connectivity index (χ4v) is 5.07. The van der Waals surface area contributed by atoms with Crippen LogP contribution < -0.4 is 10.6 Å². The minimum atomic E-state index is -5.06. The summed E-state index contributed by atoms with van der Waals surface area (Å²) in [6, 6.07) is 4.30. The van der Waals surface area contributed by atoms with Crippen LogP contribution in [0.3, 0.4) is 0 Å². The number of hydrogen-bond acceptors (Lipinski definition) is 5. The number of aromatic nitrogens is 1. The summed E-state index contributed by atoms with van der Waals surface area (Å²) in [6.45, 7) is 2.24. The van der Waals surface area contributed by atoms with Crippen LogP contribution in [0.1, 0.15) is 58.4 Å². The predicted octanol–water partition coefficient (Wildman–Crippen LogP) is 3.79. The van der Waals surface area contributed by atoms with Crippen molar-refractivity contribution in [2.24, 2.45) is 0 Å². The normalized spacial score (nSPS) is 22.7. The molecule has 1 saturated heterocycles. The van der Waals surface area contributed by atoms with Gasteiger partial charge in [0.2, 0.25) is 5.91 Å². The quantitative estimate of drug-likeness (QED) is 0.470. The number of alkyl halides is 6. The van der Waals surface area contributed by atoms with Crippen molar-refractivity contribution in [3.8, 4) is 0 Å². The fourth-order valence-electron chi connectivity index (χ4n) is 5.07. The van der Waals surface area contributed by atoms with Gasteiger partial charge in [0, 0.05) is 36.6 Å². The minimum absolute atomic E-state index is 0.125. The van der Waals surface area contributed by atoms with Gasteiger partial charge in [0.15, 0.2) is 0 Å². The summed E-state index contributed by atoms with van der Waals surface area (Å²) in [5.41, 5.74) is -3.42. The van der Waals surface area contributed by atoms with E-state index in [4.69, 9.17) is 0 Å². The zero-order chi connectivity index (χ0) is 28.6. The Morgan fingerprint density at radius 2 is 1.72 bits per heavy atom. The van der Waals surface area contributed by atoms with Crippen LogP contribution in [0.25, 0.3) is 0 Å². The number of carbonyl (C=O) groups is 2. The summed E-state index contributed by atoms with van der Waals surface area (Å²) < 4.78 is 78.6. The van der Waals surface area contributed by atoms with Crippen LogP contribution >= 0.6 is 0 Å². The highest BCUT2D eigenvalue weighted by Gasteiger charge is 2.41. The molecule has 1 saturated carbocycles. The van der Waals surface area contributed by atoms with E-state index >= 15 is 0 Å². The van der Waals surface area contributed by atoms with E-state index in [-0.39, 0.29) is 30.3 Å². The Morgan fingerprint density at radius 3 is 2.28 bits per heavy atom. The summed E-state index contributed by atoms with van der Waals surface area (Å²) in [6.07, 6.45) is -5.67. The summed E-state index contributed by atoms with van der Waals surface area (Å²) in [7, 11) is 0. The number of amides is 2. The Kier molecular flexibility index (Phi) is 7.95. The first-order valence-corrected chi connectivity index (χ1v) is 12.4. The predicted molar refractivity (Wildman–Crippen MR) is 127 cm³/mol. The lowest BCUT2D eigenvalue weighted by Crippen LogP contribution is -2.63. The first-order valence-electron chi connectivity index (χ1n) is 12.4. The zero-order valence-electron chi connectivity index (χ0n) is 21.0. The van der Waals surface area contributed by atoms with Gasteiger partial charge in [0.1, 0.15) is 0 Å². The van der Waals surface area contributed by atoms with Crippen molar-refractivity contribution in [3.63, 3.8) is 0 Å². The van der Waals surface area contributed by atoms with E-state index in [9.17, 15) is 41.0 Å². The number of aliphatic hydroxyl groups is 1. The second-order valence-corrected chi connectivity index (χ2v) is 10.1. The molecular formula is C26H28F6N4O3. The number of likely N-dealkylation sites (tertiary alicyclic amines) is 1. The molecule has 2 amide bonds. The Hall–Kier alpha value is -3.19. The summed E-state index contributed by atoms with van der Waals surface area (Å²) in [4.78, 5) is 31.0. The van der Waals surface area contributed by atoms with Crippen LogP contribution in [-0.2, 0) is 22.7 Å². The second kappa shape index (κ2) is 10.8. The van der Waals surface area contributed by atoms with Crippen LogP contribution in [0.5, 0.6) is 0 Å². The number of halogens is 6. The van der Waals surface area contributed by atoms with Crippen molar-refractivity contribution in [2.75, 3.05) is 19.6 Å². The molecule has 13 heteroatoms. The number of aryl methyl sites for hydroxylation is 1. The summed E-state index contributed by atoms with van der Waals surface area (Å²) in [5.74, 6) is -2.10. The Balaban J connectivity index is 1.24. The van der Waals surface area contributed by atoms with Crippen LogP contribution in [0.15, 0.2) is 36.5 Å². The highest BCUT2D eigenvalue weighted by Crippen LogP contribution is 2.39. The van der Waals surface area contributed by atoms with Gasteiger partial charge in [-0.2, -0.15) is 26.3 Å². The van der Waals surface area contributed by atoms with E-state index in [1.165, 1.54) is 0 Å². The van der Waals surface area contributed by atoms with Gasteiger partial charge in [0.25, 0.3) is 5.91 Å². The second-order valence-electron chi connectivity index (χ2n) is 10.1. The highest BCUT2D eigenvalue weighted by molar-refractivity contribution is 5.98. The van der Waals surface area contributed by atoms with E-state index in [1.54, 1.807) is 6.20 Å². The molecule has 0 spiro atoms. The van der Waals surface area contributed by atoms with Gasteiger partial charge in [-0.15, -0.1) is 0 Å². The molecule has 0 unspecified atom stereocenters. The monoisotopic (exact) mass is 558 g/mol. The van der Waals surface area contributed by atoms with E-state index in [2.05, 4.69) is 15.2 Å². The zero-order valence-corrected chi connectivity index (χ0v) is 21.0. The summed E-state index contributed by atoms with van der Waals surface area (Å²) in [5, 5.41) is 15.7. The lowest BCUT2D eigenvalue weighted by atomic mass is 9.77. The summed E-state index contributed by atoms with van der Waals surface area (Å²) >= 11 is 0. The molecule has 1 aromatic carbocycles. The van der Waals surface area contributed by atoms with Gasteiger partial charge in [-0.25, -0.2) is 0 Å². The van der Waals surface area contributed by atoms with Crippen LogP contribution in [0.4, 0.5) is 26.3 Å². The van der Waals surface area contributed by atoms with Crippen molar-refractivity contribution in [1.82, 2.24) is 20.5 Å². The van der Waals surface area contributed by atoms with Gasteiger partial charge in [-0.3, -0.25) is 19.5 Å². The lowest BCUT2D eigenvalue weighted by Gasteiger charge is -2.48. The van der Waals surface area contributed by atoms with Crippen molar-refractivity contribution >= 4 is 11.8 Å². The van der Waals surface area contributed by atoms with Crippen molar-refractivity contribution in [2.45, 2.75) is 62.6 Å². The average Bonchev–Trinajstić information content (AvgIpc) is 2.84. The van der Waals surface area contributed by atoms with Gasteiger partial charge in [-0.05, 0) is 56.9 Å². The SMILES string of the molecule is Cc1ccc(C2(O)CCC(N3CC(NC(=O)CNC(=O)c4cc(C(F)(F)F)ccc4C(F)(F)F)C3)CC2)cn1. The Morgan fingerprint density at radius 1 is 1.05 bits per heavy atom. The van der Waals surface area contributed by atoms with Gasteiger partial charge in [0.05, 0.1) is 34.9 Å². The minimum Gasteiger partial charge on any atom is -0.385 e. The van der Waals surface area contributed by atoms with E-state index in [0.29, 0.717) is 25.9 Å². The molecule has 2 aliphatic rings. The third kappa shape index (κ3) is 6.70. The molecule has 7 nitrogen and oxygen atoms in total. The number of carbonyl (C=O) groups excluding carboxylic acids is 2.